The topological polar surface area (TPSA) is 67.3 Å². The molecule has 0 saturated carbocycles. The summed E-state index contributed by atoms with van der Waals surface area (Å²) in [6.45, 7) is 9.82. The van der Waals surface area contributed by atoms with Crippen molar-refractivity contribution < 1.29 is 9.53 Å². The molecular weight excluding hydrogens is 492 g/mol. The van der Waals surface area contributed by atoms with E-state index in [2.05, 4.69) is 61.8 Å². The molecule has 6 nitrogen and oxygen atoms in total. The smallest absolute Gasteiger partial charge is 0.247 e. The lowest BCUT2D eigenvalue weighted by Crippen LogP contribution is -2.34. The fraction of sp³-hybridized carbons (Fsp3) is 0.370. The van der Waals surface area contributed by atoms with E-state index in [0.29, 0.717) is 24.5 Å². The van der Waals surface area contributed by atoms with Crippen molar-refractivity contribution in [3.8, 4) is 5.75 Å². The minimum atomic E-state index is -0.281. The van der Waals surface area contributed by atoms with Crippen molar-refractivity contribution >= 4 is 38.4 Å². The van der Waals surface area contributed by atoms with Gasteiger partial charge in [0.15, 0.2) is 0 Å². The number of nitrogens with one attached hydrogen (secondary N) is 1. The van der Waals surface area contributed by atoms with Crippen LogP contribution in [0.1, 0.15) is 37.4 Å². The van der Waals surface area contributed by atoms with E-state index in [1.165, 1.54) is 18.9 Å². The number of amides is 1. The summed E-state index contributed by atoms with van der Waals surface area (Å²) in [6, 6.07) is 12.0. The minimum absolute atomic E-state index is 0.281. The maximum atomic E-state index is 12.1. The number of rotatable bonds is 9. The summed E-state index contributed by atoms with van der Waals surface area (Å²) in [6.07, 6.45) is 6.96. The highest BCUT2D eigenvalue weighted by atomic mass is 79.9. The Morgan fingerprint density at radius 3 is 2.85 bits per heavy atom. The highest BCUT2D eigenvalue weighted by molar-refractivity contribution is 9.10. The van der Waals surface area contributed by atoms with Gasteiger partial charge in [-0.3, -0.25) is 4.79 Å². The van der Waals surface area contributed by atoms with E-state index in [-0.39, 0.29) is 5.91 Å². The van der Waals surface area contributed by atoms with Crippen LogP contribution in [0.5, 0.6) is 5.75 Å². The molecule has 4 rings (SSSR count). The van der Waals surface area contributed by atoms with E-state index in [0.717, 1.165) is 58.6 Å². The van der Waals surface area contributed by atoms with Crippen molar-refractivity contribution in [2.45, 2.75) is 32.6 Å². The highest BCUT2D eigenvalue weighted by Gasteiger charge is 2.16. The van der Waals surface area contributed by atoms with Crippen LogP contribution >= 0.6 is 15.9 Å². The van der Waals surface area contributed by atoms with E-state index < -0.39 is 0 Å². The number of likely N-dealkylation sites (tertiary alicyclic amines) is 1. The summed E-state index contributed by atoms with van der Waals surface area (Å²) in [5.74, 6) is 1.16. The molecule has 0 radical (unpaired) electrons. The fourth-order valence-corrected chi connectivity index (χ4v) is 4.72. The second kappa shape index (κ2) is 11.6. The molecule has 3 aromatic rings. The second-order valence-electron chi connectivity index (χ2n) is 8.91. The van der Waals surface area contributed by atoms with Gasteiger partial charge in [0.25, 0.3) is 0 Å². The number of nitrogens with zero attached hydrogens (tertiary/aromatic N) is 3. The third kappa shape index (κ3) is 6.42. The molecule has 0 spiro atoms. The van der Waals surface area contributed by atoms with Gasteiger partial charge in [0.2, 0.25) is 5.91 Å². The Kier molecular flexibility index (Phi) is 8.29. The van der Waals surface area contributed by atoms with Gasteiger partial charge in [-0.15, -0.1) is 0 Å². The van der Waals surface area contributed by atoms with E-state index in [4.69, 9.17) is 4.74 Å². The number of anilines is 1. The zero-order chi connectivity index (χ0) is 23.9. The van der Waals surface area contributed by atoms with Crippen LogP contribution in [0.25, 0.3) is 10.9 Å². The molecule has 0 bridgehead atoms. The van der Waals surface area contributed by atoms with E-state index >= 15 is 0 Å². The van der Waals surface area contributed by atoms with Gasteiger partial charge in [0.1, 0.15) is 12.1 Å². The first-order valence-corrected chi connectivity index (χ1v) is 12.6. The number of halogens is 1. The first-order chi connectivity index (χ1) is 16.5. The van der Waals surface area contributed by atoms with Crippen molar-refractivity contribution in [1.29, 1.82) is 0 Å². The summed E-state index contributed by atoms with van der Waals surface area (Å²) in [5, 5.41) is 3.78. The van der Waals surface area contributed by atoms with Crippen molar-refractivity contribution in [1.82, 2.24) is 14.9 Å². The molecule has 1 saturated heterocycles. The average molecular weight is 523 g/mol. The van der Waals surface area contributed by atoms with Gasteiger partial charge >= 0.3 is 0 Å². The van der Waals surface area contributed by atoms with Gasteiger partial charge < -0.3 is 15.0 Å². The zero-order valence-electron chi connectivity index (χ0n) is 19.6. The Hall–Kier alpha value is -2.77. The molecule has 178 valence electrons. The minimum Gasteiger partial charge on any atom is -0.491 e. The van der Waals surface area contributed by atoms with Gasteiger partial charge in [0, 0.05) is 28.9 Å². The number of hydrogen-bond acceptors (Lipinski definition) is 5. The Labute approximate surface area is 209 Å². The second-order valence-corrected chi connectivity index (χ2v) is 9.83. The van der Waals surface area contributed by atoms with Crippen LogP contribution in [0, 0.1) is 5.92 Å². The monoisotopic (exact) mass is 522 g/mol. The summed E-state index contributed by atoms with van der Waals surface area (Å²) >= 11 is 3.53. The molecule has 2 heterocycles. The maximum Gasteiger partial charge on any atom is 0.247 e. The molecule has 1 fully saturated rings. The highest BCUT2D eigenvalue weighted by Crippen LogP contribution is 2.32. The third-order valence-corrected chi connectivity index (χ3v) is 6.77. The number of carbonyl (C=O) groups excluding carboxylic acids is 1. The van der Waals surface area contributed by atoms with Crippen LogP contribution in [0.3, 0.4) is 0 Å². The Balaban J connectivity index is 1.52. The molecule has 2 aromatic carbocycles. The molecule has 0 aliphatic carbocycles. The van der Waals surface area contributed by atoms with Crippen LogP contribution in [-0.4, -0.2) is 47.0 Å². The lowest BCUT2D eigenvalue weighted by molar-refractivity contribution is -0.111. The number of piperidine rings is 1. The predicted molar refractivity (Wildman–Crippen MR) is 140 cm³/mol. The van der Waals surface area contributed by atoms with Crippen molar-refractivity contribution in [3.05, 3.63) is 71.1 Å². The quantitative estimate of drug-likeness (QED) is 0.292. The lowest BCUT2D eigenvalue weighted by atomic mass is 9.99. The molecule has 1 amide bonds. The van der Waals surface area contributed by atoms with Crippen LogP contribution in [0.4, 0.5) is 5.69 Å². The van der Waals surface area contributed by atoms with Crippen molar-refractivity contribution in [3.63, 3.8) is 0 Å². The van der Waals surface area contributed by atoms with Gasteiger partial charge in [-0.25, -0.2) is 9.97 Å². The molecule has 1 aromatic heterocycles. The van der Waals surface area contributed by atoms with Crippen molar-refractivity contribution in [2.24, 2.45) is 5.92 Å². The standard InChI is InChI=1S/C27H31BrN4O2/c1-3-27(33)31-25-16-22-23(15-20-6-4-7-21(28)14-20)29-18-30-24(22)17-26(25)34-13-5-10-32-11-8-19(2)9-12-32/h3-4,6-7,14,16-19H,1,5,8-13,15H2,2H3,(H,31,33). The summed E-state index contributed by atoms with van der Waals surface area (Å²) in [7, 11) is 0. The van der Waals surface area contributed by atoms with Crippen LogP contribution in [-0.2, 0) is 11.2 Å². The molecular formula is C27H31BrN4O2. The fourth-order valence-electron chi connectivity index (χ4n) is 4.28. The predicted octanol–water partition coefficient (Wildman–Crippen LogP) is 5.61. The number of fused-ring (bicyclic) bond motifs is 1. The number of benzene rings is 2. The third-order valence-electron chi connectivity index (χ3n) is 6.28. The van der Waals surface area contributed by atoms with Crippen molar-refractivity contribution in [2.75, 3.05) is 31.6 Å². The summed E-state index contributed by atoms with van der Waals surface area (Å²) < 4.78 is 7.16. The molecule has 1 aliphatic rings. The molecule has 7 heteroatoms. The summed E-state index contributed by atoms with van der Waals surface area (Å²) in [5.41, 5.74) is 3.42. The largest absolute Gasteiger partial charge is 0.491 e. The Morgan fingerprint density at radius 1 is 1.26 bits per heavy atom. The molecule has 1 aliphatic heterocycles. The Bertz CT molecular complexity index is 1160. The van der Waals surface area contributed by atoms with Crippen LogP contribution in [0.2, 0.25) is 0 Å². The van der Waals surface area contributed by atoms with Gasteiger partial charge in [-0.2, -0.15) is 0 Å². The number of aromatic nitrogens is 2. The van der Waals surface area contributed by atoms with E-state index in [1.807, 2.05) is 24.3 Å². The molecule has 34 heavy (non-hydrogen) atoms. The zero-order valence-corrected chi connectivity index (χ0v) is 21.2. The first-order valence-electron chi connectivity index (χ1n) is 11.8. The first kappa shape index (κ1) is 24.4. The lowest BCUT2D eigenvalue weighted by Gasteiger charge is -2.30. The maximum absolute atomic E-state index is 12.1. The normalized spacial score (nSPS) is 14.8. The SMILES string of the molecule is C=CC(=O)Nc1cc2c(Cc3cccc(Br)c3)ncnc2cc1OCCCN1CCC(C)CC1. The molecule has 0 atom stereocenters. The number of carbonyl (C=O) groups is 1. The number of ether oxygens (including phenoxy) is 1. The van der Waals surface area contributed by atoms with Crippen LogP contribution in [0.15, 0.2) is 59.9 Å². The van der Waals surface area contributed by atoms with E-state index in [1.54, 1.807) is 6.33 Å². The molecule has 1 N–H and O–H groups in total. The number of hydrogen-bond donors (Lipinski definition) is 1. The van der Waals surface area contributed by atoms with E-state index in [9.17, 15) is 4.79 Å². The Morgan fingerprint density at radius 2 is 2.09 bits per heavy atom. The summed E-state index contributed by atoms with van der Waals surface area (Å²) in [4.78, 5) is 23.6. The van der Waals surface area contributed by atoms with Gasteiger partial charge in [-0.05, 0) is 68.1 Å². The van der Waals surface area contributed by atoms with Gasteiger partial charge in [-0.1, -0.05) is 41.6 Å². The average Bonchev–Trinajstić information content (AvgIpc) is 2.83. The molecule has 0 unspecified atom stereocenters. The van der Waals surface area contributed by atoms with Gasteiger partial charge in [0.05, 0.1) is 23.5 Å². The van der Waals surface area contributed by atoms with Crippen LogP contribution < -0.4 is 10.1 Å².